The van der Waals surface area contributed by atoms with Crippen molar-refractivity contribution < 1.29 is 14.6 Å². The third kappa shape index (κ3) is 1.95. The third-order valence-electron chi connectivity index (χ3n) is 2.28. The lowest BCUT2D eigenvalue weighted by Gasteiger charge is -2.20. The lowest BCUT2D eigenvalue weighted by molar-refractivity contribution is -0.146. The molecule has 1 N–H and O–H groups in total. The van der Waals surface area contributed by atoms with Crippen molar-refractivity contribution in [3.05, 3.63) is 0 Å². The van der Waals surface area contributed by atoms with Crippen LogP contribution in [0.1, 0.15) is 13.3 Å². The molecule has 1 rings (SSSR count). The molecule has 0 aliphatic carbocycles. The molecule has 1 aliphatic heterocycles. The van der Waals surface area contributed by atoms with E-state index < -0.39 is 0 Å². The number of rotatable bonds is 2. The molecule has 1 aliphatic rings. The largest absolute Gasteiger partial charge is 0.468 e. The first-order valence-electron chi connectivity index (χ1n) is 4.15. The van der Waals surface area contributed by atoms with E-state index in [1.807, 2.05) is 4.90 Å². The van der Waals surface area contributed by atoms with E-state index >= 15 is 0 Å². The number of aliphatic hydroxyl groups excluding tert-OH is 1. The minimum Gasteiger partial charge on any atom is -0.468 e. The number of carbonyl (C=O) groups excluding carboxylic acids is 1. The fraction of sp³-hybridized carbons (Fsp3) is 0.875. The predicted octanol–water partition coefficient (Wildman–Crippen LogP) is -0.386. The summed E-state index contributed by atoms with van der Waals surface area (Å²) >= 11 is 0. The quantitative estimate of drug-likeness (QED) is 0.578. The van der Waals surface area contributed by atoms with Crippen molar-refractivity contribution in [3.8, 4) is 0 Å². The highest BCUT2D eigenvalue weighted by molar-refractivity contribution is 5.75. The number of ether oxygens (including phenoxy) is 1. The van der Waals surface area contributed by atoms with Gasteiger partial charge in [0, 0.05) is 13.1 Å². The number of esters is 1. The van der Waals surface area contributed by atoms with Crippen molar-refractivity contribution in [2.75, 3.05) is 20.2 Å². The zero-order valence-corrected chi connectivity index (χ0v) is 7.49. The van der Waals surface area contributed by atoms with Crippen molar-refractivity contribution in [2.24, 2.45) is 0 Å². The van der Waals surface area contributed by atoms with Crippen LogP contribution >= 0.6 is 0 Å². The Morgan fingerprint density at radius 3 is 2.83 bits per heavy atom. The fourth-order valence-corrected chi connectivity index (χ4v) is 1.44. The van der Waals surface area contributed by atoms with Gasteiger partial charge in [-0.3, -0.25) is 9.69 Å². The smallest absolute Gasteiger partial charge is 0.322 e. The van der Waals surface area contributed by atoms with Crippen LogP contribution < -0.4 is 0 Å². The van der Waals surface area contributed by atoms with Crippen molar-refractivity contribution >= 4 is 5.97 Å². The Kier molecular flexibility index (Phi) is 3.05. The highest BCUT2D eigenvalue weighted by Gasteiger charge is 2.28. The lowest BCUT2D eigenvalue weighted by atomic mass is 10.3. The SMILES string of the molecule is COC(=O)C(C)N1CC[C@@H](O)C1. The van der Waals surface area contributed by atoms with E-state index in [1.165, 1.54) is 7.11 Å². The van der Waals surface area contributed by atoms with Gasteiger partial charge in [-0.25, -0.2) is 0 Å². The maximum absolute atomic E-state index is 11.1. The molecule has 0 amide bonds. The molecule has 0 saturated carbocycles. The van der Waals surface area contributed by atoms with Crippen LogP contribution in [0.5, 0.6) is 0 Å². The summed E-state index contributed by atoms with van der Waals surface area (Å²) < 4.78 is 4.60. The summed E-state index contributed by atoms with van der Waals surface area (Å²) in [6.07, 6.45) is 0.471. The first kappa shape index (κ1) is 9.48. The molecule has 2 atom stereocenters. The molecule has 0 radical (unpaired) electrons. The molecule has 70 valence electrons. The first-order chi connectivity index (χ1) is 5.65. The second-order valence-corrected chi connectivity index (χ2v) is 3.14. The van der Waals surface area contributed by atoms with Gasteiger partial charge in [0.2, 0.25) is 0 Å². The van der Waals surface area contributed by atoms with E-state index in [0.29, 0.717) is 6.54 Å². The van der Waals surface area contributed by atoms with Gasteiger partial charge >= 0.3 is 5.97 Å². The van der Waals surface area contributed by atoms with Crippen LogP contribution in [0.2, 0.25) is 0 Å². The molecule has 4 heteroatoms. The van der Waals surface area contributed by atoms with Gasteiger partial charge in [-0.1, -0.05) is 0 Å². The highest BCUT2D eigenvalue weighted by atomic mass is 16.5. The zero-order valence-electron chi connectivity index (χ0n) is 7.49. The number of methoxy groups -OCH3 is 1. The Morgan fingerprint density at radius 1 is 1.75 bits per heavy atom. The number of likely N-dealkylation sites (tertiary alicyclic amines) is 1. The number of nitrogens with zero attached hydrogens (tertiary/aromatic N) is 1. The molecule has 4 nitrogen and oxygen atoms in total. The van der Waals surface area contributed by atoms with Crippen molar-refractivity contribution in [2.45, 2.75) is 25.5 Å². The van der Waals surface area contributed by atoms with Gasteiger partial charge in [0.05, 0.1) is 13.2 Å². The maximum Gasteiger partial charge on any atom is 0.322 e. The van der Waals surface area contributed by atoms with E-state index in [2.05, 4.69) is 4.74 Å². The molecule has 0 spiro atoms. The molecule has 0 aromatic carbocycles. The second-order valence-electron chi connectivity index (χ2n) is 3.14. The van der Waals surface area contributed by atoms with Crippen LogP contribution in [0, 0.1) is 0 Å². The molecule has 1 heterocycles. The molecular formula is C8H15NO3. The summed E-state index contributed by atoms with van der Waals surface area (Å²) in [6.45, 7) is 3.15. The van der Waals surface area contributed by atoms with E-state index in [4.69, 9.17) is 0 Å². The van der Waals surface area contributed by atoms with E-state index in [-0.39, 0.29) is 18.1 Å². The van der Waals surface area contributed by atoms with Gasteiger partial charge in [0.25, 0.3) is 0 Å². The molecule has 1 saturated heterocycles. The lowest BCUT2D eigenvalue weighted by Crippen LogP contribution is -2.38. The molecule has 1 fully saturated rings. The summed E-state index contributed by atoms with van der Waals surface area (Å²) in [5.41, 5.74) is 0. The minimum absolute atomic E-state index is 0.229. The Bertz CT molecular complexity index is 172. The van der Waals surface area contributed by atoms with Gasteiger partial charge < -0.3 is 9.84 Å². The van der Waals surface area contributed by atoms with Crippen LogP contribution in [-0.4, -0.2) is 48.3 Å². The monoisotopic (exact) mass is 173 g/mol. The Morgan fingerprint density at radius 2 is 2.42 bits per heavy atom. The topological polar surface area (TPSA) is 49.8 Å². The molecule has 1 unspecified atom stereocenters. The fourth-order valence-electron chi connectivity index (χ4n) is 1.44. The summed E-state index contributed by atoms with van der Waals surface area (Å²) in [4.78, 5) is 13.0. The minimum atomic E-state index is -0.280. The molecule has 12 heavy (non-hydrogen) atoms. The van der Waals surface area contributed by atoms with Crippen molar-refractivity contribution in [3.63, 3.8) is 0 Å². The summed E-state index contributed by atoms with van der Waals surface area (Å²) in [6, 6.07) is -0.229. The van der Waals surface area contributed by atoms with E-state index in [1.54, 1.807) is 6.92 Å². The number of hydrogen-bond acceptors (Lipinski definition) is 4. The van der Waals surface area contributed by atoms with Crippen LogP contribution in [0.25, 0.3) is 0 Å². The van der Waals surface area contributed by atoms with Gasteiger partial charge in [-0.2, -0.15) is 0 Å². The van der Waals surface area contributed by atoms with E-state index in [9.17, 15) is 9.90 Å². The zero-order chi connectivity index (χ0) is 9.14. The molecule has 0 aromatic heterocycles. The Balaban J connectivity index is 2.42. The highest BCUT2D eigenvalue weighted by Crippen LogP contribution is 2.12. The molecule has 0 bridgehead atoms. The number of hydrogen-bond donors (Lipinski definition) is 1. The first-order valence-corrected chi connectivity index (χ1v) is 4.15. The number of aliphatic hydroxyl groups is 1. The predicted molar refractivity (Wildman–Crippen MR) is 43.7 cm³/mol. The normalized spacial score (nSPS) is 27.1. The standard InChI is InChI=1S/C8H15NO3/c1-6(8(11)12-2)9-4-3-7(10)5-9/h6-7,10H,3-5H2,1-2H3/t6?,7-/m1/s1. The molecular weight excluding hydrogens is 158 g/mol. The van der Waals surface area contributed by atoms with Gasteiger partial charge in [0.15, 0.2) is 0 Å². The third-order valence-corrected chi connectivity index (χ3v) is 2.28. The number of carbonyl (C=O) groups is 1. The average molecular weight is 173 g/mol. The van der Waals surface area contributed by atoms with E-state index in [0.717, 1.165) is 13.0 Å². The Labute approximate surface area is 72.1 Å². The van der Waals surface area contributed by atoms with Gasteiger partial charge in [-0.05, 0) is 13.3 Å². The average Bonchev–Trinajstić information content (AvgIpc) is 2.49. The van der Waals surface area contributed by atoms with Crippen molar-refractivity contribution in [1.82, 2.24) is 4.90 Å². The van der Waals surface area contributed by atoms with Gasteiger partial charge in [0.1, 0.15) is 6.04 Å². The summed E-state index contributed by atoms with van der Waals surface area (Å²) in [5.74, 6) is -0.232. The molecule has 0 aromatic rings. The van der Waals surface area contributed by atoms with Crippen LogP contribution in [0.15, 0.2) is 0 Å². The van der Waals surface area contributed by atoms with Crippen LogP contribution in [0.3, 0.4) is 0 Å². The van der Waals surface area contributed by atoms with Crippen LogP contribution in [-0.2, 0) is 9.53 Å². The van der Waals surface area contributed by atoms with Gasteiger partial charge in [-0.15, -0.1) is 0 Å². The second kappa shape index (κ2) is 3.87. The number of β-amino-alcohol motifs (C(OH)–C–C–N with tert-alkyl or cyclic N) is 1. The maximum atomic E-state index is 11.1. The van der Waals surface area contributed by atoms with Crippen molar-refractivity contribution in [1.29, 1.82) is 0 Å². The Hall–Kier alpha value is -0.610. The summed E-state index contributed by atoms with van der Waals surface area (Å²) in [7, 11) is 1.38. The van der Waals surface area contributed by atoms with Crippen LogP contribution in [0.4, 0.5) is 0 Å². The summed E-state index contributed by atoms with van der Waals surface area (Å²) in [5, 5.41) is 9.21.